The number of piperidine rings is 1. The number of nitrogens with zero attached hydrogens (tertiary/aromatic N) is 1. The number of rotatable bonds is 7. The molecule has 0 radical (unpaired) electrons. The van der Waals surface area contributed by atoms with Crippen LogP contribution in [0.25, 0.3) is 0 Å². The molecular weight excluding hydrogens is 450 g/mol. The summed E-state index contributed by atoms with van der Waals surface area (Å²) in [6, 6.07) is 13.5. The van der Waals surface area contributed by atoms with E-state index in [2.05, 4.69) is 10.6 Å². The van der Waals surface area contributed by atoms with Crippen LogP contribution in [0.2, 0.25) is 0 Å². The largest absolute Gasteiger partial charge is 0.467 e. The van der Waals surface area contributed by atoms with Crippen LogP contribution in [0, 0.1) is 5.92 Å². The number of anilines is 1. The third-order valence-electron chi connectivity index (χ3n) is 5.28. The molecule has 8 nitrogen and oxygen atoms in total. The minimum Gasteiger partial charge on any atom is -0.467 e. The van der Waals surface area contributed by atoms with E-state index < -0.39 is 15.9 Å². The summed E-state index contributed by atoms with van der Waals surface area (Å²) >= 11 is 1.16. The van der Waals surface area contributed by atoms with Crippen LogP contribution < -0.4 is 10.6 Å². The monoisotopic (exact) mass is 473 g/mol. The first-order chi connectivity index (χ1) is 15.4. The Morgan fingerprint density at radius 1 is 1.12 bits per heavy atom. The second-order valence-corrected chi connectivity index (χ2v) is 10.5. The zero-order chi connectivity index (χ0) is 22.6. The first-order valence-corrected chi connectivity index (χ1v) is 12.5. The molecule has 1 unspecified atom stereocenters. The lowest BCUT2D eigenvalue weighted by Gasteiger charge is -2.30. The molecule has 10 heteroatoms. The molecule has 1 atom stereocenters. The number of para-hydroxylation sites is 1. The fraction of sp³-hybridized carbons (Fsp3) is 0.273. The highest BCUT2D eigenvalue weighted by molar-refractivity contribution is 7.91. The van der Waals surface area contributed by atoms with Gasteiger partial charge in [0, 0.05) is 13.1 Å². The number of hydrogen-bond acceptors (Lipinski definition) is 6. The van der Waals surface area contributed by atoms with Gasteiger partial charge in [0.05, 0.1) is 30.0 Å². The number of benzene rings is 1. The highest BCUT2D eigenvalue weighted by Crippen LogP contribution is 2.27. The van der Waals surface area contributed by atoms with E-state index in [1.54, 1.807) is 53.9 Å². The average molecular weight is 474 g/mol. The van der Waals surface area contributed by atoms with Gasteiger partial charge in [0.1, 0.15) is 9.97 Å². The molecule has 32 heavy (non-hydrogen) atoms. The van der Waals surface area contributed by atoms with Crippen LogP contribution in [-0.2, 0) is 21.4 Å². The van der Waals surface area contributed by atoms with Crippen LogP contribution in [0.5, 0.6) is 0 Å². The number of nitrogens with one attached hydrogen (secondary N) is 2. The van der Waals surface area contributed by atoms with Crippen LogP contribution in [0.1, 0.15) is 29.0 Å². The molecule has 1 fully saturated rings. The highest BCUT2D eigenvalue weighted by atomic mass is 32.2. The van der Waals surface area contributed by atoms with Crippen molar-refractivity contribution in [1.29, 1.82) is 0 Å². The molecule has 1 aromatic carbocycles. The number of hydrogen-bond donors (Lipinski definition) is 2. The average Bonchev–Trinajstić information content (AvgIpc) is 3.52. The number of carbonyl (C=O) groups is 2. The van der Waals surface area contributed by atoms with Gasteiger partial charge in [-0.15, -0.1) is 11.3 Å². The lowest BCUT2D eigenvalue weighted by atomic mass is 9.98. The zero-order valence-electron chi connectivity index (χ0n) is 17.2. The molecule has 0 spiro atoms. The van der Waals surface area contributed by atoms with Crippen molar-refractivity contribution in [2.75, 3.05) is 18.4 Å². The summed E-state index contributed by atoms with van der Waals surface area (Å²) in [7, 11) is -3.61. The van der Waals surface area contributed by atoms with E-state index in [0.717, 1.165) is 11.3 Å². The standard InChI is InChI=1S/C22H23N3O5S2/c26-21(16-6-3-11-25(15-16)32(28,29)20-10-5-13-31-20)24-19-9-2-1-8-18(19)22(27)23-14-17-7-4-12-30-17/h1-2,4-5,7-10,12-13,16H,3,6,11,14-15H2,(H,23,27)(H,24,26). The van der Waals surface area contributed by atoms with Crippen molar-refractivity contribution in [3.63, 3.8) is 0 Å². The van der Waals surface area contributed by atoms with Gasteiger partial charge < -0.3 is 15.1 Å². The first kappa shape index (κ1) is 22.3. The Kier molecular flexibility index (Phi) is 6.73. The smallest absolute Gasteiger partial charge is 0.253 e. The van der Waals surface area contributed by atoms with Crippen LogP contribution in [0.4, 0.5) is 5.69 Å². The summed E-state index contributed by atoms with van der Waals surface area (Å²) in [6.07, 6.45) is 2.70. The molecule has 1 saturated heterocycles. The summed E-state index contributed by atoms with van der Waals surface area (Å²) in [5.74, 6) is -0.531. The maximum absolute atomic E-state index is 13.0. The van der Waals surface area contributed by atoms with Crippen molar-refractivity contribution in [3.05, 3.63) is 71.5 Å². The normalized spacial score (nSPS) is 17.1. The van der Waals surface area contributed by atoms with Gasteiger partial charge in [-0.2, -0.15) is 4.31 Å². The van der Waals surface area contributed by atoms with Gasteiger partial charge >= 0.3 is 0 Å². The van der Waals surface area contributed by atoms with E-state index in [0.29, 0.717) is 36.4 Å². The highest BCUT2D eigenvalue weighted by Gasteiger charge is 2.34. The minimum atomic E-state index is -3.61. The maximum atomic E-state index is 13.0. The molecule has 1 aliphatic heterocycles. The number of carbonyl (C=O) groups excluding carboxylic acids is 2. The Balaban J connectivity index is 1.43. The minimum absolute atomic E-state index is 0.110. The number of amides is 2. The Hall–Kier alpha value is -2.95. The molecule has 2 amide bonds. The molecule has 168 valence electrons. The van der Waals surface area contributed by atoms with Gasteiger partial charge in [-0.1, -0.05) is 18.2 Å². The van der Waals surface area contributed by atoms with Crippen LogP contribution >= 0.6 is 11.3 Å². The van der Waals surface area contributed by atoms with Crippen molar-refractivity contribution in [2.24, 2.45) is 5.92 Å². The SMILES string of the molecule is O=C(NCc1ccco1)c1ccccc1NC(=O)C1CCCN(S(=O)(=O)c2cccs2)C1. The maximum Gasteiger partial charge on any atom is 0.253 e. The number of sulfonamides is 1. The van der Waals surface area contributed by atoms with E-state index in [1.165, 1.54) is 10.6 Å². The van der Waals surface area contributed by atoms with Crippen LogP contribution in [0.15, 0.2) is 68.8 Å². The quantitative estimate of drug-likeness (QED) is 0.547. The van der Waals surface area contributed by atoms with Gasteiger partial charge in [-0.3, -0.25) is 9.59 Å². The zero-order valence-corrected chi connectivity index (χ0v) is 18.8. The molecule has 4 rings (SSSR count). The summed E-state index contributed by atoms with van der Waals surface area (Å²) in [4.78, 5) is 25.6. The first-order valence-electron chi connectivity index (χ1n) is 10.2. The molecule has 3 heterocycles. The van der Waals surface area contributed by atoms with E-state index in [9.17, 15) is 18.0 Å². The second-order valence-electron chi connectivity index (χ2n) is 7.43. The fourth-order valence-electron chi connectivity index (χ4n) is 3.61. The number of thiophene rings is 1. The van der Waals surface area contributed by atoms with Crippen molar-refractivity contribution >= 4 is 38.9 Å². The Labute approximate surface area is 190 Å². The van der Waals surface area contributed by atoms with E-state index in [1.807, 2.05) is 0 Å². The molecule has 0 saturated carbocycles. The lowest BCUT2D eigenvalue weighted by Crippen LogP contribution is -2.43. The fourth-order valence-corrected chi connectivity index (χ4v) is 6.28. The molecule has 3 aromatic rings. The number of furan rings is 1. The summed E-state index contributed by atoms with van der Waals surface area (Å²) in [5.41, 5.74) is 0.707. The summed E-state index contributed by atoms with van der Waals surface area (Å²) < 4.78 is 32.5. The van der Waals surface area contributed by atoms with E-state index >= 15 is 0 Å². The van der Waals surface area contributed by atoms with E-state index in [-0.39, 0.29) is 29.1 Å². The summed E-state index contributed by atoms with van der Waals surface area (Å²) in [5, 5.41) is 7.30. The molecule has 2 aromatic heterocycles. The van der Waals surface area contributed by atoms with Crippen LogP contribution in [0.3, 0.4) is 0 Å². The molecule has 2 N–H and O–H groups in total. The molecule has 0 bridgehead atoms. The van der Waals surface area contributed by atoms with Gasteiger partial charge in [0.2, 0.25) is 5.91 Å². The lowest BCUT2D eigenvalue weighted by molar-refractivity contribution is -0.120. The topological polar surface area (TPSA) is 109 Å². The Morgan fingerprint density at radius 3 is 2.72 bits per heavy atom. The predicted octanol–water partition coefficient (Wildman–Crippen LogP) is 3.31. The van der Waals surface area contributed by atoms with Gasteiger partial charge in [0.25, 0.3) is 15.9 Å². The van der Waals surface area contributed by atoms with Gasteiger partial charge in [-0.05, 0) is 48.6 Å². The summed E-state index contributed by atoms with van der Waals surface area (Å²) in [6.45, 7) is 0.723. The van der Waals surface area contributed by atoms with Crippen molar-refractivity contribution < 1.29 is 22.4 Å². The second kappa shape index (κ2) is 9.68. The van der Waals surface area contributed by atoms with Gasteiger partial charge in [-0.25, -0.2) is 8.42 Å². The van der Waals surface area contributed by atoms with Crippen molar-refractivity contribution in [2.45, 2.75) is 23.6 Å². The predicted molar refractivity (Wildman–Crippen MR) is 121 cm³/mol. The van der Waals surface area contributed by atoms with E-state index in [4.69, 9.17) is 4.42 Å². The molecular formula is C22H23N3O5S2. The third-order valence-corrected chi connectivity index (χ3v) is 8.52. The van der Waals surface area contributed by atoms with Crippen LogP contribution in [-0.4, -0.2) is 37.6 Å². The Morgan fingerprint density at radius 2 is 1.97 bits per heavy atom. The third kappa shape index (κ3) is 4.93. The van der Waals surface area contributed by atoms with Crippen molar-refractivity contribution in [3.8, 4) is 0 Å². The van der Waals surface area contributed by atoms with Crippen molar-refractivity contribution in [1.82, 2.24) is 9.62 Å². The molecule has 0 aliphatic carbocycles. The van der Waals surface area contributed by atoms with Gasteiger partial charge in [0.15, 0.2) is 0 Å². The Bertz CT molecular complexity index is 1170. The molecule has 1 aliphatic rings.